The third kappa shape index (κ3) is 1.96. The van der Waals surface area contributed by atoms with Gasteiger partial charge in [-0.05, 0) is 37.5 Å². The number of ether oxygens (including phenoxy) is 1. The SMILES string of the molecule is Cc1c(C)c2c(c(C3CC(=O)CC(=O)C3)c1C)OCC2. The predicted molar refractivity (Wildman–Crippen MR) is 76.5 cm³/mol. The van der Waals surface area contributed by atoms with Gasteiger partial charge in [-0.3, -0.25) is 9.59 Å². The van der Waals surface area contributed by atoms with Crippen molar-refractivity contribution >= 4 is 11.6 Å². The molecule has 0 saturated heterocycles. The van der Waals surface area contributed by atoms with E-state index in [-0.39, 0.29) is 23.9 Å². The zero-order valence-electron chi connectivity index (χ0n) is 12.3. The van der Waals surface area contributed by atoms with Crippen LogP contribution in [0.25, 0.3) is 0 Å². The fourth-order valence-electron chi connectivity index (χ4n) is 3.62. The molecular weight excluding hydrogens is 252 g/mol. The first-order valence-corrected chi connectivity index (χ1v) is 7.27. The number of Topliss-reactive ketones (excluding diaryl/α,β-unsaturated/α-hetero) is 2. The lowest BCUT2D eigenvalue weighted by atomic mass is 9.78. The quantitative estimate of drug-likeness (QED) is 0.738. The highest BCUT2D eigenvalue weighted by atomic mass is 16.5. The highest BCUT2D eigenvalue weighted by molar-refractivity contribution is 6.02. The van der Waals surface area contributed by atoms with Gasteiger partial charge in [0.1, 0.15) is 17.3 Å². The molecule has 1 aromatic carbocycles. The second kappa shape index (κ2) is 4.72. The van der Waals surface area contributed by atoms with Crippen LogP contribution in [0.3, 0.4) is 0 Å². The van der Waals surface area contributed by atoms with E-state index in [4.69, 9.17) is 4.74 Å². The third-order valence-corrected chi connectivity index (χ3v) is 4.85. The summed E-state index contributed by atoms with van der Waals surface area (Å²) in [5, 5.41) is 0. The lowest BCUT2D eigenvalue weighted by molar-refractivity contribution is -0.130. The van der Waals surface area contributed by atoms with E-state index in [0.717, 1.165) is 17.7 Å². The smallest absolute Gasteiger partial charge is 0.140 e. The molecule has 0 unspecified atom stereocenters. The van der Waals surface area contributed by atoms with Gasteiger partial charge >= 0.3 is 0 Å². The average molecular weight is 272 g/mol. The molecule has 0 radical (unpaired) electrons. The van der Waals surface area contributed by atoms with Gasteiger partial charge in [0.15, 0.2) is 0 Å². The first-order chi connectivity index (χ1) is 9.49. The summed E-state index contributed by atoms with van der Waals surface area (Å²) >= 11 is 0. The summed E-state index contributed by atoms with van der Waals surface area (Å²) in [6.07, 6.45) is 2.00. The zero-order chi connectivity index (χ0) is 14.4. The van der Waals surface area contributed by atoms with E-state index >= 15 is 0 Å². The molecule has 1 saturated carbocycles. The molecule has 3 nitrogen and oxygen atoms in total. The molecule has 0 spiro atoms. The fourth-order valence-corrected chi connectivity index (χ4v) is 3.62. The minimum absolute atomic E-state index is 0.00917. The zero-order valence-corrected chi connectivity index (χ0v) is 12.3. The van der Waals surface area contributed by atoms with E-state index < -0.39 is 0 Å². The third-order valence-electron chi connectivity index (χ3n) is 4.85. The summed E-state index contributed by atoms with van der Waals surface area (Å²) < 4.78 is 5.85. The van der Waals surface area contributed by atoms with E-state index in [1.165, 1.54) is 22.3 Å². The monoisotopic (exact) mass is 272 g/mol. The molecule has 0 N–H and O–H groups in total. The van der Waals surface area contributed by atoms with Gasteiger partial charge in [0.05, 0.1) is 13.0 Å². The van der Waals surface area contributed by atoms with Gasteiger partial charge in [0, 0.05) is 36.3 Å². The van der Waals surface area contributed by atoms with Gasteiger partial charge in [0.2, 0.25) is 0 Å². The normalized spacial score (nSPS) is 19.1. The fraction of sp³-hybridized carbons (Fsp3) is 0.529. The van der Waals surface area contributed by atoms with Crippen molar-refractivity contribution in [1.82, 2.24) is 0 Å². The van der Waals surface area contributed by atoms with E-state index in [9.17, 15) is 9.59 Å². The number of benzene rings is 1. The van der Waals surface area contributed by atoms with Crippen LogP contribution in [0.15, 0.2) is 0 Å². The Hall–Kier alpha value is -1.64. The number of carbonyl (C=O) groups excluding carboxylic acids is 2. The summed E-state index contributed by atoms with van der Waals surface area (Å²) in [5.74, 6) is 1.10. The van der Waals surface area contributed by atoms with Crippen molar-refractivity contribution in [3.8, 4) is 5.75 Å². The Labute approximate surface area is 119 Å². The summed E-state index contributed by atoms with van der Waals surface area (Å²) in [7, 11) is 0. The number of hydrogen-bond acceptors (Lipinski definition) is 3. The molecule has 1 aliphatic heterocycles. The van der Waals surface area contributed by atoms with Gasteiger partial charge in [-0.25, -0.2) is 0 Å². The van der Waals surface area contributed by atoms with Crippen molar-refractivity contribution in [3.05, 3.63) is 27.8 Å². The lowest BCUT2D eigenvalue weighted by Gasteiger charge is -2.26. The van der Waals surface area contributed by atoms with Crippen LogP contribution in [0.1, 0.15) is 53.0 Å². The van der Waals surface area contributed by atoms with Crippen LogP contribution in [0.2, 0.25) is 0 Å². The maximum atomic E-state index is 11.8. The summed E-state index contributed by atoms with van der Waals surface area (Å²) in [6.45, 7) is 7.06. The Morgan fingerprint density at radius 3 is 2.25 bits per heavy atom. The molecule has 1 aliphatic carbocycles. The highest BCUT2D eigenvalue weighted by Gasteiger charge is 2.33. The molecule has 20 heavy (non-hydrogen) atoms. The minimum Gasteiger partial charge on any atom is -0.493 e. The summed E-state index contributed by atoms with van der Waals surface area (Å²) in [5.41, 5.74) is 6.15. The number of rotatable bonds is 1. The maximum Gasteiger partial charge on any atom is 0.140 e. The second-order valence-corrected chi connectivity index (χ2v) is 6.05. The Kier molecular flexibility index (Phi) is 3.15. The van der Waals surface area contributed by atoms with E-state index in [0.29, 0.717) is 19.4 Å². The molecule has 0 atom stereocenters. The minimum atomic E-state index is 0.00917. The van der Waals surface area contributed by atoms with Gasteiger partial charge < -0.3 is 4.74 Å². The van der Waals surface area contributed by atoms with E-state index in [2.05, 4.69) is 20.8 Å². The first kappa shape index (κ1) is 13.3. The molecule has 1 fully saturated rings. The van der Waals surface area contributed by atoms with Crippen LogP contribution in [-0.4, -0.2) is 18.2 Å². The first-order valence-electron chi connectivity index (χ1n) is 7.27. The van der Waals surface area contributed by atoms with Crippen molar-refractivity contribution in [2.24, 2.45) is 0 Å². The Morgan fingerprint density at radius 2 is 1.60 bits per heavy atom. The lowest BCUT2D eigenvalue weighted by Crippen LogP contribution is -2.22. The largest absolute Gasteiger partial charge is 0.493 e. The van der Waals surface area contributed by atoms with Crippen molar-refractivity contribution in [2.75, 3.05) is 6.61 Å². The maximum absolute atomic E-state index is 11.8. The van der Waals surface area contributed by atoms with Crippen LogP contribution in [0.4, 0.5) is 0 Å². The van der Waals surface area contributed by atoms with Crippen molar-refractivity contribution in [3.63, 3.8) is 0 Å². The van der Waals surface area contributed by atoms with Crippen LogP contribution in [-0.2, 0) is 16.0 Å². The molecule has 0 amide bonds. The van der Waals surface area contributed by atoms with Crippen molar-refractivity contribution < 1.29 is 14.3 Å². The van der Waals surface area contributed by atoms with Crippen LogP contribution in [0.5, 0.6) is 5.75 Å². The topological polar surface area (TPSA) is 43.4 Å². The molecular formula is C17H20O3. The Morgan fingerprint density at radius 1 is 0.950 bits per heavy atom. The molecule has 3 heteroatoms. The number of hydrogen-bond donors (Lipinski definition) is 0. The van der Waals surface area contributed by atoms with Crippen LogP contribution < -0.4 is 4.74 Å². The second-order valence-electron chi connectivity index (χ2n) is 6.05. The molecule has 106 valence electrons. The standard InChI is InChI=1S/C17H20O3/c1-9-10(2)15-4-5-20-17(15)16(11(9)3)12-6-13(18)8-14(19)7-12/h12H,4-8H2,1-3H3. The highest BCUT2D eigenvalue weighted by Crippen LogP contribution is 2.44. The number of fused-ring (bicyclic) bond motifs is 1. The van der Waals surface area contributed by atoms with Gasteiger partial charge in [-0.2, -0.15) is 0 Å². The molecule has 0 bridgehead atoms. The average Bonchev–Trinajstić information content (AvgIpc) is 2.84. The molecule has 0 aromatic heterocycles. The van der Waals surface area contributed by atoms with E-state index in [1.807, 2.05) is 0 Å². The number of carbonyl (C=O) groups is 2. The van der Waals surface area contributed by atoms with Crippen molar-refractivity contribution in [2.45, 2.75) is 52.4 Å². The van der Waals surface area contributed by atoms with Crippen LogP contribution in [0, 0.1) is 20.8 Å². The Balaban J connectivity index is 2.14. The summed E-state index contributed by atoms with van der Waals surface area (Å²) in [4.78, 5) is 23.5. The van der Waals surface area contributed by atoms with Gasteiger partial charge in [-0.1, -0.05) is 0 Å². The number of ketones is 2. The molecule has 1 heterocycles. The van der Waals surface area contributed by atoms with Gasteiger partial charge in [0.25, 0.3) is 0 Å². The molecule has 1 aromatic rings. The van der Waals surface area contributed by atoms with Crippen molar-refractivity contribution in [1.29, 1.82) is 0 Å². The van der Waals surface area contributed by atoms with Crippen LogP contribution >= 0.6 is 0 Å². The molecule has 2 aliphatic rings. The predicted octanol–water partition coefficient (Wildman–Crippen LogP) is 2.95. The van der Waals surface area contributed by atoms with E-state index in [1.54, 1.807) is 0 Å². The van der Waals surface area contributed by atoms with Gasteiger partial charge in [-0.15, -0.1) is 0 Å². The molecule has 3 rings (SSSR count). The Bertz CT molecular complexity index is 597. The summed E-state index contributed by atoms with van der Waals surface area (Å²) in [6, 6.07) is 0.